The molecule has 11 nitrogen and oxygen atoms in total. The molecule has 1 saturated heterocycles. The molecule has 306 valence electrons. The number of hydrogen-bond donors (Lipinski definition) is 0. The molecule has 5 atom stereocenters. The van der Waals surface area contributed by atoms with Crippen LogP contribution in [0.3, 0.4) is 0 Å². The highest BCUT2D eigenvalue weighted by Crippen LogP contribution is 2.43. The number of alkyl halides is 1. The van der Waals surface area contributed by atoms with Crippen molar-refractivity contribution in [3.63, 3.8) is 0 Å². The average Bonchev–Trinajstić information content (AvgIpc) is 3.66. The smallest absolute Gasteiger partial charge is 0.410 e. The first-order valence-corrected chi connectivity index (χ1v) is 19.7. The molecule has 2 amide bonds. The van der Waals surface area contributed by atoms with Crippen LogP contribution in [-0.4, -0.2) is 90.3 Å². The summed E-state index contributed by atoms with van der Waals surface area (Å²) < 4.78 is 75.3. The van der Waals surface area contributed by atoms with Gasteiger partial charge >= 0.3 is 12.1 Å². The van der Waals surface area contributed by atoms with E-state index in [0.29, 0.717) is 0 Å². The summed E-state index contributed by atoms with van der Waals surface area (Å²) in [6.45, 7) is 16.3. The van der Waals surface area contributed by atoms with Crippen molar-refractivity contribution in [1.82, 2.24) is 19.4 Å². The lowest BCUT2D eigenvalue weighted by Crippen LogP contribution is -2.50. The predicted octanol–water partition coefficient (Wildman–Crippen LogP) is 7.85. The van der Waals surface area contributed by atoms with Gasteiger partial charge in [0.2, 0.25) is 0 Å². The highest BCUT2D eigenvalue weighted by atomic mass is 32.2. The van der Waals surface area contributed by atoms with E-state index >= 15 is 8.78 Å². The average molecular weight is 802 g/mol. The van der Waals surface area contributed by atoms with Crippen molar-refractivity contribution < 1.29 is 41.6 Å². The molecular weight excluding hydrogens is 748 g/mol. The van der Waals surface area contributed by atoms with Crippen LogP contribution >= 0.6 is 0 Å². The van der Waals surface area contributed by atoms with Gasteiger partial charge in [0, 0.05) is 44.2 Å². The lowest BCUT2D eigenvalue weighted by molar-refractivity contribution is -0.161. The first kappa shape index (κ1) is 44.3. The SMILES string of the molecule is CC(=O)O[C@@H](C)C(=O)N(C[C@@H]1CN(C(=O)OC(C)(C)C)C[C@@H]1F)[C@@H](c1nc(-c2cc(F)ccc2F)cn1Cc1ccccc1)C(C)(C)CC=N[S+]([O-])C(C)(C)C. The van der Waals surface area contributed by atoms with Gasteiger partial charge in [-0.05, 0) is 84.1 Å². The van der Waals surface area contributed by atoms with E-state index in [1.165, 1.54) is 29.9 Å². The van der Waals surface area contributed by atoms with Gasteiger partial charge < -0.3 is 28.4 Å². The Morgan fingerprint density at radius 2 is 1.71 bits per heavy atom. The number of rotatable bonds is 13. The summed E-state index contributed by atoms with van der Waals surface area (Å²) in [7, 11) is 0. The van der Waals surface area contributed by atoms with Crippen LogP contribution in [0.5, 0.6) is 0 Å². The molecule has 1 unspecified atom stereocenters. The maximum atomic E-state index is 16.1. The van der Waals surface area contributed by atoms with Gasteiger partial charge in [-0.15, -0.1) is 0 Å². The highest BCUT2D eigenvalue weighted by Gasteiger charge is 2.46. The molecule has 0 bridgehead atoms. The standard InChI is InChI=1S/C41H54F3N5O6S/c1-26(54-27(2)50)37(51)49(23-29-22-48(24-33(29)44)38(52)55-39(3,4)5)35(41(9,10)18-19-45-56(53)40(6,7)8)36-46-34(31-20-30(42)16-17-32(31)43)25-47(36)21-28-14-12-11-13-15-28/h11-17,19-20,25-26,29,33,35H,18,21-24H2,1-10H3/t26-,29-,33-,35-,56?/m0/s1. The first-order valence-electron chi connectivity index (χ1n) is 18.6. The number of esters is 1. The molecule has 0 radical (unpaired) electrons. The Morgan fingerprint density at radius 1 is 1.05 bits per heavy atom. The number of carbonyl (C=O) groups is 3. The van der Waals surface area contributed by atoms with E-state index in [1.807, 2.05) is 44.2 Å². The minimum atomic E-state index is -1.61. The van der Waals surface area contributed by atoms with Crippen molar-refractivity contribution in [2.24, 2.45) is 15.7 Å². The fraction of sp³-hybridized carbons (Fsp3) is 0.537. The molecule has 0 saturated carbocycles. The van der Waals surface area contributed by atoms with Crippen LogP contribution in [0, 0.1) is 23.0 Å². The van der Waals surface area contributed by atoms with E-state index in [2.05, 4.69) is 4.40 Å². The van der Waals surface area contributed by atoms with Crippen LogP contribution in [0.15, 0.2) is 59.1 Å². The van der Waals surface area contributed by atoms with Gasteiger partial charge in [0.15, 0.2) is 6.10 Å². The summed E-state index contributed by atoms with van der Waals surface area (Å²) in [5.74, 6) is -3.47. The minimum absolute atomic E-state index is 0.0806. The van der Waals surface area contributed by atoms with E-state index in [0.717, 1.165) is 23.8 Å². The summed E-state index contributed by atoms with van der Waals surface area (Å²) >= 11 is -1.61. The fourth-order valence-electron chi connectivity index (χ4n) is 6.49. The number of hydrogen-bond acceptors (Lipinski definition) is 8. The quantitative estimate of drug-likeness (QED) is 0.0978. The van der Waals surface area contributed by atoms with Gasteiger partial charge in [0.1, 0.15) is 45.3 Å². The van der Waals surface area contributed by atoms with Crippen molar-refractivity contribution in [2.75, 3.05) is 19.6 Å². The molecule has 4 rings (SSSR count). The van der Waals surface area contributed by atoms with Crippen molar-refractivity contribution >= 4 is 35.5 Å². The normalized spacial score (nSPS) is 18.1. The molecule has 1 aromatic heterocycles. The number of nitrogens with zero attached hydrogens (tertiary/aromatic N) is 5. The Labute approximate surface area is 331 Å². The molecule has 1 aliphatic rings. The molecule has 15 heteroatoms. The Hall–Kier alpha value is -4.37. The molecule has 1 fully saturated rings. The first-order chi connectivity index (χ1) is 26.0. The third-order valence-corrected chi connectivity index (χ3v) is 10.6. The van der Waals surface area contributed by atoms with Crippen molar-refractivity contribution in [2.45, 2.75) is 111 Å². The molecular formula is C41H54F3N5O6S. The van der Waals surface area contributed by atoms with Crippen LogP contribution < -0.4 is 0 Å². The number of imidazole rings is 1. The molecule has 0 aliphatic carbocycles. The lowest BCUT2D eigenvalue weighted by Gasteiger charge is -2.43. The summed E-state index contributed by atoms with van der Waals surface area (Å²) in [5, 5.41) is 0. The number of likely N-dealkylation sites (tertiary alicyclic amines) is 1. The van der Waals surface area contributed by atoms with Crippen LogP contribution in [0.2, 0.25) is 0 Å². The van der Waals surface area contributed by atoms with E-state index in [1.54, 1.807) is 52.3 Å². The minimum Gasteiger partial charge on any atom is -0.591 e. The Morgan fingerprint density at radius 3 is 2.32 bits per heavy atom. The molecule has 2 heterocycles. The number of ether oxygens (including phenoxy) is 2. The maximum Gasteiger partial charge on any atom is 0.410 e. The van der Waals surface area contributed by atoms with Crippen molar-refractivity contribution in [3.8, 4) is 11.3 Å². The Balaban J connectivity index is 1.95. The molecule has 56 heavy (non-hydrogen) atoms. The Bertz CT molecular complexity index is 1880. The molecule has 0 spiro atoms. The lowest BCUT2D eigenvalue weighted by atomic mass is 9.79. The van der Waals surface area contributed by atoms with Gasteiger partial charge in [-0.25, -0.2) is 22.9 Å². The van der Waals surface area contributed by atoms with Gasteiger partial charge in [-0.2, -0.15) is 0 Å². The number of benzene rings is 2. The van der Waals surface area contributed by atoms with Crippen LogP contribution in [0.1, 0.15) is 93.1 Å². The van der Waals surface area contributed by atoms with Crippen LogP contribution in [0.4, 0.5) is 18.0 Å². The summed E-state index contributed by atoms with van der Waals surface area (Å²) in [4.78, 5) is 47.5. The molecule has 1 aliphatic heterocycles. The Kier molecular flexibility index (Phi) is 14.1. The number of carbonyl (C=O) groups excluding carboxylic acids is 3. The van der Waals surface area contributed by atoms with Gasteiger partial charge in [-0.3, -0.25) is 9.59 Å². The van der Waals surface area contributed by atoms with Crippen molar-refractivity contribution in [3.05, 3.63) is 77.8 Å². The van der Waals surface area contributed by atoms with Gasteiger partial charge in [-0.1, -0.05) is 48.6 Å². The van der Waals surface area contributed by atoms with E-state index in [4.69, 9.17) is 14.5 Å². The summed E-state index contributed by atoms with van der Waals surface area (Å²) in [6, 6.07) is 11.3. The molecule has 2 aromatic carbocycles. The number of aromatic nitrogens is 2. The highest BCUT2D eigenvalue weighted by molar-refractivity contribution is 7.91. The topological polar surface area (TPSA) is 129 Å². The third kappa shape index (κ3) is 11.6. The zero-order valence-corrected chi connectivity index (χ0v) is 34.7. The molecule has 0 N–H and O–H groups in total. The van der Waals surface area contributed by atoms with E-state index in [-0.39, 0.29) is 49.7 Å². The third-order valence-electron chi connectivity index (χ3n) is 9.23. The predicted molar refractivity (Wildman–Crippen MR) is 210 cm³/mol. The van der Waals surface area contributed by atoms with E-state index in [9.17, 15) is 23.3 Å². The zero-order valence-electron chi connectivity index (χ0n) is 33.8. The maximum absolute atomic E-state index is 16.1. The van der Waals surface area contributed by atoms with E-state index < -0.39 is 81.0 Å². The monoisotopic (exact) mass is 801 g/mol. The number of amides is 2. The largest absolute Gasteiger partial charge is 0.591 e. The van der Waals surface area contributed by atoms with Gasteiger partial charge in [0.05, 0.1) is 24.5 Å². The summed E-state index contributed by atoms with van der Waals surface area (Å²) in [5.41, 5.74) is -1.07. The van der Waals surface area contributed by atoms with Crippen LogP contribution in [-0.2, 0) is 37.0 Å². The van der Waals surface area contributed by atoms with Gasteiger partial charge in [0.25, 0.3) is 5.91 Å². The zero-order chi connectivity index (χ0) is 41.7. The van der Waals surface area contributed by atoms with Crippen molar-refractivity contribution in [1.29, 1.82) is 0 Å². The second kappa shape index (κ2) is 17.8. The summed E-state index contributed by atoms with van der Waals surface area (Å²) in [6.07, 6.45) is -0.381. The molecule has 3 aromatic rings. The van der Waals surface area contributed by atoms with Crippen LogP contribution in [0.25, 0.3) is 11.3 Å². The second-order valence-electron chi connectivity index (χ2n) is 16.9. The number of halogens is 3. The fourth-order valence-corrected chi connectivity index (χ4v) is 7.01. The second-order valence-corrected chi connectivity index (χ2v) is 18.8.